The first kappa shape index (κ1) is 28.4. The Morgan fingerprint density at radius 3 is 2.22 bits per heavy atom. The first-order valence-corrected chi connectivity index (χ1v) is 14.6. The first-order valence-electron chi connectivity index (χ1n) is 13.2. The summed E-state index contributed by atoms with van der Waals surface area (Å²) in [6, 6.07) is 15.6. The Morgan fingerprint density at radius 2 is 1.56 bits per heavy atom. The number of likely N-dealkylation sites (N-methyl/N-ethyl adjacent to an activating group) is 1. The van der Waals surface area contributed by atoms with Crippen LogP contribution in [-0.2, 0) is 10.3 Å². The summed E-state index contributed by atoms with van der Waals surface area (Å²) in [5.74, 6) is -0.0561. The lowest BCUT2D eigenvalue weighted by Gasteiger charge is -2.36. The van der Waals surface area contributed by atoms with Crippen LogP contribution < -0.4 is 19.1 Å². The summed E-state index contributed by atoms with van der Waals surface area (Å²) in [6.45, 7) is 6.24. The summed E-state index contributed by atoms with van der Waals surface area (Å²) in [5, 5.41) is 0. The highest BCUT2D eigenvalue weighted by Gasteiger charge is 2.43. The number of rotatable bonds is 9. The monoisotopic (exact) mass is 580 g/mol. The van der Waals surface area contributed by atoms with Crippen LogP contribution in [0, 0.1) is 0 Å². The van der Waals surface area contributed by atoms with Crippen molar-refractivity contribution in [1.82, 2.24) is 9.80 Å². The maximum Gasteiger partial charge on any atom is 0.357 e. The van der Waals surface area contributed by atoms with Crippen molar-refractivity contribution in [3.05, 3.63) is 82.9 Å². The number of methoxy groups -OCH3 is 2. The van der Waals surface area contributed by atoms with Gasteiger partial charge in [0.15, 0.2) is 11.5 Å². The van der Waals surface area contributed by atoms with Gasteiger partial charge in [-0.05, 0) is 54.1 Å². The number of hydrogen-bond donors (Lipinski definition) is 2. The molecule has 0 saturated carbocycles. The molecule has 1 atom stereocenters. The molecule has 11 nitrogen and oxygen atoms in total. The second-order valence-corrected chi connectivity index (χ2v) is 11.0. The molecule has 1 unspecified atom stereocenters. The molecule has 2 aliphatic heterocycles. The summed E-state index contributed by atoms with van der Waals surface area (Å²) in [5.41, 5.74) is 2.43. The number of nitrogens with zero attached hydrogens (tertiary/aromatic N) is 3. The minimum absolute atomic E-state index is 0.0709. The van der Waals surface area contributed by atoms with Crippen molar-refractivity contribution < 1.29 is 32.0 Å². The molecule has 12 heteroatoms. The summed E-state index contributed by atoms with van der Waals surface area (Å²) in [7, 11) is -1.56. The van der Waals surface area contributed by atoms with Gasteiger partial charge in [-0.2, -0.15) is 8.42 Å². The lowest BCUT2D eigenvalue weighted by molar-refractivity contribution is 0.0608. The number of carbonyl (C=O) groups is 2. The summed E-state index contributed by atoms with van der Waals surface area (Å²) in [4.78, 5) is 33.9. The minimum atomic E-state index is -4.56. The highest BCUT2D eigenvalue weighted by Crippen LogP contribution is 2.42. The molecule has 0 aromatic heterocycles. The standard InChI is InChI=1S/C29H32N4O7S/c1-4-31-13-15-32(16-14-31)23-10-6-9-22-26(23)29(35)33(28(22)34)27(20-11-12-24(39-2)25(18-20)40-3)19-7-5-8-21(17-19)30-41(36,37)38/h5-12,17-18,27,30H,4,13-16H2,1-3H3,(H,36,37,38). The van der Waals surface area contributed by atoms with Gasteiger partial charge in [-0.1, -0.05) is 31.2 Å². The molecule has 1 saturated heterocycles. The normalized spacial score (nSPS) is 16.5. The average molecular weight is 581 g/mol. The van der Waals surface area contributed by atoms with Gasteiger partial charge in [-0.25, -0.2) is 0 Å². The molecule has 3 aromatic carbocycles. The molecule has 0 spiro atoms. The van der Waals surface area contributed by atoms with Crippen LogP contribution in [0.2, 0.25) is 0 Å². The maximum atomic E-state index is 14.2. The van der Waals surface area contributed by atoms with E-state index >= 15 is 0 Å². The van der Waals surface area contributed by atoms with E-state index in [4.69, 9.17) is 9.47 Å². The predicted octanol–water partition coefficient (Wildman–Crippen LogP) is 3.45. The zero-order chi connectivity index (χ0) is 29.3. The van der Waals surface area contributed by atoms with E-state index in [1.54, 1.807) is 42.5 Å². The van der Waals surface area contributed by atoms with E-state index in [-0.39, 0.29) is 5.69 Å². The summed E-state index contributed by atoms with van der Waals surface area (Å²) in [6.07, 6.45) is 0. The van der Waals surface area contributed by atoms with Crippen LogP contribution in [0.3, 0.4) is 0 Å². The molecule has 2 N–H and O–H groups in total. The predicted molar refractivity (Wildman–Crippen MR) is 154 cm³/mol. The quantitative estimate of drug-likeness (QED) is 0.289. The number of carbonyl (C=O) groups excluding carboxylic acids is 2. The summed E-state index contributed by atoms with van der Waals surface area (Å²) >= 11 is 0. The van der Waals surface area contributed by atoms with E-state index in [9.17, 15) is 22.6 Å². The Balaban J connectivity index is 1.62. The molecular formula is C29H32N4O7S. The minimum Gasteiger partial charge on any atom is -0.493 e. The van der Waals surface area contributed by atoms with Crippen molar-refractivity contribution >= 4 is 33.5 Å². The van der Waals surface area contributed by atoms with Crippen LogP contribution in [0.15, 0.2) is 60.7 Å². The van der Waals surface area contributed by atoms with Crippen LogP contribution >= 0.6 is 0 Å². The highest BCUT2D eigenvalue weighted by atomic mass is 32.2. The van der Waals surface area contributed by atoms with Gasteiger partial charge in [0, 0.05) is 26.2 Å². The molecule has 2 aliphatic rings. The van der Waals surface area contributed by atoms with Crippen LogP contribution in [0.1, 0.15) is 44.8 Å². The van der Waals surface area contributed by atoms with Crippen molar-refractivity contribution in [3.8, 4) is 11.5 Å². The average Bonchev–Trinajstić information content (AvgIpc) is 3.22. The van der Waals surface area contributed by atoms with Crippen LogP contribution in [-0.4, -0.2) is 81.5 Å². The molecule has 3 aromatic rings. The van der Waals surface area contributed by atoms with Crippen LogP contribution in [0.25, 0.3) is 0 Å². The molecule has 1 fully saturated rings. The molecule has 0 aliphatic carbocycles. The van der Waals surface area contributed by atoms with Gasteiger partial charge < -0.3 is 19.3 Å². The van der Waals surface area contributed by atoms with Crippen molar-refractivity contribution in [2.45, 2.75) is 13.0 Å². The zero-order valence-electron chi connectivity index (χ0n) is 23.0. The molecule has 0 bridgehead atoms. The Kier molecular flexibility index (Phi) is 7.89. The fraction of sp³-hybridized carbons (Fsp3) is 0.310. The number of ether oxygens (including phenoxy) is 2. The zero-order valence-corrected chi connectivity index (χ0v) is 23.8. The SMILES string of the molecule is CCN1CCN(c2cccc3c2C(=O)N(C(c2cccc(NS(=O)(=O)O)c2)c2ccc(OC)c(OC)c2)C3=O)CC1. The van der Waals surface area contributed by atoms with E-state index in [0.717, 1.165) is 32.7 Å². The van der Waals surface area contributed by atoms with Gasteiger partial charge in [0.25, 0.3) is 11.8 Å². The van der Waals surface area contributed by atoms with Gasteiger partial charge in [-0.15, -0.1) is 0 Å². The number of fused-ring (bicyclic) bond motifs is 1. The third-order valence-corrected chi connectivity index (χ3v) is 8.01. The maximum absolute atomic E-state index is 14.2. The Hall–Kier alpha value is -4.13. The Labute approximate surface area is 239 Å². The molecular weight excluding hydrogens is 548 g/mol. The van der Waals surface area contributed by atoms with E-state index in [1.165, 1.54) is 31.3 Å². The van der Waals surface area contributed by atoms with E-state index in [2.05, 4.69) is 16.7 Å². The Bertz CT molecular complexity index is 1590. The van der Waals surface area contributed by atoms with E-state index < -0.39 is 28.2 Å². The molecule has 41 heavy (non-hydrogen) atoms. The number of amides is 2. The number of imide groups is 1. The topological polar surface area (TPSA) is 129 Å². The number of hydrogen-bond acceptors (Lipinski definition) is 8. The molecule has 2 amide bonds. The van der Waals surface area contributed by atoms with Crippen molar-refractivity contribution in [2.75, 3.05) is 56.6 Å². The molecule has 5 rings (SSSR count). The van der Waals surface area contributed by atoms with Gasteiger partial charge in [0.2, 0.25) is 0 Å². The summed E-state index contributed by atoms with van der Waals surface area (Å²) < 4.78 is 45.3. The van der Waals surface area contributed by atoms with Crippen molar-refractivity contribution in [2.24, 2.45) is 0 Å². The van der Waals surface area contributed by atoms with Gasteiger partial charge in [-0.3, -0.25) is 23.8 Å². The number of piperazine rings is 1. The number of benzene rings is 3. The molecule has 2 heterocycles. The third-order valence-electron chi connectivity index (χ3n) is 7.52. The first-order chi connectivity index (χ1) is 19.6. The van der Waals surface area contributed by atoms with E-state index in [0.29, 0.717) is 39.4 Å². The lowest BCUT2D eigenvalue weighted by Crippen LogP contribution is -2.46. The van der Waals surface area contributed by atoms with Crippen molar-refractivity contribution in [1.29, 1.82) is 0 Å². The van der Waals surface area contributed by atoms with Crippen LogP contribution in [0.4, 0.5) is 11.4 Å². The fourth-order valence-corrected chi connectivity index (χ4v) is 5.95. The van der Waals surface area contributed by atoms with Crippen molar-refractivity contribution in [3.63, 3.8) is 0 Å². The van der Waals surface area contributed by atoms with Gasteiger partial charge >= 0.3 is 10.3 Å². The molecule has 216 valence electrons. The second kappa shape index (κ2) is 11.4. The van der Waals surface area contributed by atoms with Crippen LogP contribution in [0.5, 0.6) is 11.5 Å². The lowest BCUT2D eigenvalue weighted by atomic mass is 9.96. The largest absolute Gasteiger partial charge is 0.493 e. The fourth-order valence-electron chi connectivity index (χ4n) is 5.52. The third kappa shape index (κ3) is 5.58. The van der Waals surface area contributed by atoms with E-state index in [1.807, 2.05) is 10.8 Å². The second-order valence-electron chi connectivity index (χ2n) is 9.82. The smallest absolute Gasteiger partial charge is 0.357 e. The highest BCUT2D eigenvalue weighted by molar-refractivity contribution is 7.87. The number of nitrogens with one attached hydrogen (secondary N) is 1. The Morgan fingerprint density at radius 1 is 0.878 bits per heavy atom. The number of anilines is 2. The van der Waals surface area contributed by atoms with Gasteiger partial charge in [0.1, 0.15) is 0 Å². The van der Waals surface area contributed by atoms with Gasteiger partial charge in [0.05, 0.1) is 42.8 Å². The molecule has 0 radical (unpaired) electrons.